The van der Waals surface area contributed by atoms with Crippen LogP contribution in [0.25, 0.3) is 16.6 Å². The number of ether oxygens (including phenoxy) is 1. The monoisotopic (exact) mass is 608 g/mol. The molecule has 0 aliphatic carbocycles. The number of hydrogen-bond donors (Lipinski definition) is 2. The summed E-state index contributed by atoms with van der Waals surface area (Å²) < 4.78 is 41.2. The average molecular weight is 609 g/mol. The SMILES string of the molecule is CS(=N)(=O)CCn1c(C(=O)N2CC=C(c3cnc(OCc4ccc(C#N)cc4F)s3)CC2)nc2ccc(C(=O)O)cc21. The molecule has 0 saturated carbocycles. The number of thiazole rings is 1. The molecular weight excluding hydrogens is 583 g/mol. The Bertz CT molecular complexity index is 1890. The van der Waals surface area contributed by atoms with Crippen molar-refractivity contribution >= 4 is 49.5 Å². The molecule has 11 nitrogen and oxygen atoms in total. The van der Waals surface area contributed by atoms with E-state index < -0.39 is 21.5 Å². The summed E-state index contributed by atoms with van der Waals surface area (Å²) in [5.74, 6) is -1.93. The molecule has 1 aliphatic heterocycles. The van der Waals surface area contributed by atoms with E-state index in [0.29, 0.717) is 41.3 Å². The van der Waals surface area contributed by atoms with Crippen LogP contribution in [0.5, 0.6) is 5.19 Å². The maximum Gasteiger partial charge on any atom is 0.335 e. The van der Waals surface area contributed by atoms with E-state index >= 15 is 0 Å². The van der Waals surface area contributed by atoms with Gasteiger partial charge in [0.15, 0.2) is 5.82 Å². The maximum atomic E-state index is 14.2. The van der Waals surface area contributed by atoms with Crippen molar-refractivity contribution in [2.24, 2.45) is 0 Å². The molecular formula is C28H25FN6O5S2. The van der Waals surface area contributed by atoms with Crippen LogP contribution in [-0.2, 0) is 22.9 Å². The number of aromatic carboxylic acids is 1. The van der Waals surface area contributed by atoms with E-state index in [-0.39, 0.29) is 41.8 Å². The van der Waals surface area contributed by atoms with Gasteiger partial charge in [-0.25, -0.2) is 19.2 Å². The number of carboxylic acids is 1. The lowest BCUT2D eigenvalue weighted by Crippen LogP contribution is -2.36. The van der Waals surface area contributed by atoms with Gasteiger partial charge in [0, 0.05) is 53.1 Å². The predicted molar refractivity (Wildman–Crippen MR) is 154 cm³/mol. The van der Waals surface area contributed by atoms with Crippen molar-refractivity contribution in [3.8, 4) is 11.3 Å². The lowest BCUT2D eigenvalue weighted by Gasteiger charge is -2.26. The van der Waals surface area contributed by atoms with Crippen LogP contribution in [0.4, 0.5) is 4.39 Å². The van der Waals surface area contributed by atoms with Crippen LogP contribution in [-0.4, -0.2) is 65.7 Å². The van der Waals surface area contributed by atoms with E-state index in [9.17, 15) is 23.3 Å². The third-order valence-electron chi connectivity index (χ3n) is 6.72. The Morgan fingerprint density at radius 2 is 2.10 bits per heavy atom. The van der Waals surface area contributed by atoms with Crippen molar-refractivity contribution < 1.29 is 28.0 Å². The summed E-state index contributed by atoms with van der Waals surface area (Å²) >= 11 is 1.31. The number of aryl methyl sites for hydroxylation is 1. The second-order valence-corrected chi connectivity index (χ2v) is 13.1. The fraction of sp³-hybridized carbons (Fsp3) is 0.250. The van der Waals surface area contributed by atoms with E-state index in [4.69, 9.17) is 14.8 Å². The number of carboxylic acid groups (broad SMARTS) is 1. The summed E-state index contributed by atoms with van der Waals surface area (Å²) in [5.41, 5.74) is 2.41. The molecule has 0 saturated heterocycles. The number of fused-ring (bicyclic) bond motifs is 1. The van der Waals surface area contributed by atoms with Gasteiger partial charge in [-0.1, -0.05) is 23.5 Å². The number of carbonyl (C=O) groups excluding carboxylic acids is 1. The Morgan fingerprint density at radius 1 is 1.29 bits per heavy atom. The van der Waals surface area contributed by atoms with Crippen molar-refractivity contribution in [2.45, 2.75) is 19.6 Å². The van der Waals surface area contributed by atoms with Crippen LogP contribution in [0.3, 0.4) is 0 Å². The molecule has 1 aliphatic rings. The van der Waals surface area contributed by atoms with Crippen molar-refractivity contribution in [2.75, 3.05) is 25.1 Å². The number of aromatic nitrogens is 3. The normalized spacial score (nSPS) is 14.7. The molecule has 216 valence electrons. The predicted octanol–water partition coefficient (Wildman–Crippen LogP) is 4.39. The molecule has 2 aromatic heterocycles. The molecule has 0 bridgehead atoms. The van der Waals surface area contributed by atoms with Gasteiger partial charge in [-0.2, -0.15) is 5.26 Å². The zero-order valence-corrected chi connectivity index (χ0v) is 24.0. The first kappa shape index (κ1) is 28.9. The smallest absolute Gasteiger partial charge is 0.335 e. The minimum absolute atomic E-state index is 0.0201. The standard InChI is InChI=1S/C28H25FN6O5S2/c1-42(31,39)11-10-35-23-13-19(27(37)38)4-5-22(23)33-25(35)26(36)34-8-6-18(7-9-34)24-15-32-28(41-24)40-16-20-3-2-17(14-30)12-21(20)29/h2-6,12-13,15,31H,7-11,16H2,1H3,(H,37,38). The number of nitrogens with one attached hydrogen (secondary N) is 1. The molecule has 1 unspecified atom stereocenters. The summed E-state index contributed by atoms with van der Waals surface area (Å²) in [4.78, 5) is 36.3. The van der Waals surface area contributed by atoms with E-state index in [1.165, 1.54) is 47.9 Å². The number of amides is 1. The van der Waals surface area contributed by atoms with Gasteiger partial charge in [-0.05, 0) is 42.3 Å². The van der Waals surface area contributed by atoms with E-state index in [1.807, 2.05) is 12.1 Å². The Balaban J connectivity index is 1.30. The van der Waals surface area contributed by atoms with Gasteiger partial charge < -0.3 is 19.3 Å². The molecule has 0 spiro atoms. The topological polar surface area (TPSA) is 162 Å². The van der Waals surface area contributed by atoms with E-state index in [2.05, 4.69) is 9.97 Å². The summed E-state index contributed by atoms with van der Waals surface area (Å²) in [6.07, 6.45) is 5.43. The molecule has 14 heteroatoms. The number of nitriles is 1. The zero-order valence-electron chi connectivity index (χ0n) is 22.4. The van der Waals surface area contributed by atoms with E-state index in [0.717, 1.165) is 16.5 Å². The van der Waals surface area contributed by atoms with Gasteiger partial charge in [-0.3, -0.25) is 13.8 Å². The number of halogens is 1. The molecule has 2 aromatic carbocycles. The van der Waals surface area contributed by atoms with Gasteiger partial charge in [-0.15, -0.1) is 0 Å². The molecule has 42 heavy (non-hydrogen) atoms. The number of hydrogen-bond acceptors (Lipinski definition) is 9. The zero-order chi connectivity index (χ0) is 30.0. The largest absolute Gasteiger partial charge is 0.478 e. The molecule has 0 fully saturated rings. The highest BCUT2D eigenvalue weighted by Gasteiger charge is 2.26. The van der Waals surface area contributed by atoms with E-state index in [1.54, 1.807) is 15.7 Å². The number of benzene rings is 2. The van der Waals surface area contributed by atoms with Crippen LogP contribution in [0.2, 0.25) is 0 Å². The Morgan fingerprint density at radius 3 is 2.76 bits per heavy atom. The van der Waals surface area contributed by atoms with Gasteiger partial charge in [0.05, 0.1) is 33.1 Å². The molecule has 1 amide bonds. The Labute approximate surface area is 244 Å². The van der Waals surface area contributed by atoms with Crippen LogP contribution < -0.4 is 4.74 Å². The number of carbonyl (C=O) groups is 2. The number of rotatable bonds is 9. The summed E-state index contributed by atoms with van der Waals surface area (Å²) in [5, 5.41) is 18.7. The lowest BCUT2D eigenvalue weighted by molar-refractivity contribution is 0.0696. The molecule has 3 heterocycles. The molecule has 5 rings (SSSR count). The quantitative estimate of drug-likeness (QED) is 0.283. The first-order valence-electron chi connectivity index (χ1n) is 12.7. The van der Waals surface area contributed by atoms with Crippen molar-refractivity contribution in [3.63, 3.8) is 0 Å². The average Bonchev–Trinajstić information content (AvgIpc) is 3.59. The minimum atomic E-state index is -2.87. The Hall–Kier alpha value is -4.61. The fourth-order valence-electron chi connectivity index (χ4n) is 4.48. The fourth-order valence-corrected chi connectivity index (χ4v) is 5.84. The van der Waals surface area contributed by atoms with Gasteiger partial charge in [0.1, 0.15) is 12.4 Å². The third kappa shape index (κ3) is 6.32. The molecule has 4 aromatic rings. The first-order chi connectivity index (χ1) is 20.0. The second-order valence-electron chi connectivity index (χ2n) is 9.73. The van der Waals surface area contributed by atoms with Gasteiger partial charge >= 0.3 is 5.97 Å². The third-order valence-corrected chi connectivity index (χ3v) is 8.67. The van der Waals surface area contributed by atoms with Crippen LogP contribution in [0.15, 0.2) is 48.7 Å². The van der Waals surface area contributed by atoms with Gasteiger partial charge in [0.25, 0.3) is 11.1 Å². The van der Waals surface area contributed by atoms with Crippen molar-refractivity contribution in [1.29, 1.82) is 10.0 Å². The van der Waals surface area contributed by atoms with Gasteiger partial charge in [0.2, 0.25) is 0 Å². The van der Waals surface area contributed by atoms with Crippen molar-refractivity contribution in [3.05, 3.63) is 81.9 Å². The Kier molecular flexibility index (Phi) is 8.06. The maximum absolute atomic E-state index is 14.2. The highest BCUT2D eigenvalue weighted by molar-refractivity contribution is 7.91. The first-order valence-corrected chi connectivity index (χ1v) is 15.7. The van der Waals surface area contributed by atoms with Crippen LogP contribution in [0, 0.1) is 21.9 Å². The molecule has 2 N–H and O–H groups in total. The summed E-state index contributed by atoms with van der Waals surface area (Å²) in [6.45, 7) is 0.728. The van der Waals surface area contributed by atoms with Crippen LogP contribution >= 0.6 is 11.3 Å². The molecule has 1 atom stereocenters. The second kappa shape index (κ2) is 11.7. The highest BCUT2D eigenvalue weighted by Crippen LogP contribution is 2.32. The van der Waals surface area contributed by atoms with Crippen LogP contribution in [0.1, 0.15) is 43.4 Å². The summed E-state index contributed by atoms with van der Waals surface area (Å²) in [7, 11) is -2.87. The molecule has 0 radical (unpaired) electrons. The van der Waals surface area contributed by atoms with Crippen molar-refractivity contribution in [1.82, 2.24) is 19.4 Å². The summed E-state index contributed by atoms with van der Waals surface area (Å²) in [6, 6.07) is 10.4. The lowest BCUT2D eigenvalue weighted by atomic mass is 10.1. The number of nitrogens with zero attached hydrogens (tertiary/aromatic N) is 5. The number of imidazole rings is 1. The highest BCUT2D eigenvalue weighted by atomic mass is 32.2. The minimum Gasteiger partial charge on any atom is -0.478 e.